The lowest BCUT2D eigenvalue weighted by Crippen LogP contribution is -2.61. The van der Waals surface area contributed by atoms with Crippen LogP contribution in [-0.2, 0) is 19.2 Å². The minimum atomic E-state index is -1.06. The molecule has 3 aliphatic carbocycles. The molecule has 10 heteroatoms. The van der Waals surface area contributed by atoms with Crippen LogP contribution in [0, 0.1) is 23.7 Å². The van der Waals surface area contributed by atoms with E-state index in [1.54, 1.807) is 4.90 Å². The number of amides is 5. The Hall–Kier alpha value is -2.65. The van der Waals surface area contributed by atoms with Crippen molar-refractivity contribution in [3.05, 3.63) is 0 Å². The van der Waals surface area contributed by atoms with Crippen molar-refractivity contribution in [2.24, 2.45) is 29.4 Å². The fraction of sp³-hybridized carbons (Fsp3) is 0.848. The number of nitrogens with zero attached hydrogens (tertiary/aromatic N) is 1. The average molecular weight is 602 g/mol. The van der Waals surface area contributed by atoms with E-state index in [0.29, 0.717) is 25.3 Å². The van der Waals surface area contributed by atoms with E-state index in [1.165, 1.54) is 6.42 Å². The third kappa shape index (κ3) is 8.94. The maximum Gasteiger partial charge on any atom is 0.315 e. The predicted molar refractivity (Wildman–Crippen MR) is 165 cm³/mol. The van der Waals surface area contributed by atoms with Crippen molar-refractivity contribution < 1.29 is 24.0 Å². The van der Waals surface area contributed by atoms with Crippen molar-refractivity contribution in [3.63, 3.8) is 0 Å². The van der Waals surface area contributed by atoms with E-state index < -0.39 is 35.7 Å². The highest BCUT2D eigenvalue weighted by molar-refractivity contribution is 6.37. The lowest BCUT2D eigenvalue weighted by molar-refractivity contribution is -0.143. The molecule has 0 aromatic heterocycles. The van der Waals surface area contributed by atoms with Crippen molar-refractivity contribution in [2.75, 3.05) is 6.54 Å². The Morgan fingerprint density at radius 1 is 0.860 bits per heavy atom. The second-order valence-corrected chi connectivity index (χ2v) is 14.4. The zero-order valence-electron chi connectivity index (χ0n) is 26.6. The van der Waals surface area contributed by atoms with E-state index in [2.05, 4.69) is 36.7 Å². The Morgan fingerprint density at radius 3 is 2.09 bits per heavy atom. The molecule has 3 saturated carbocycles. The first kappa shape index (κ1) is 33.2. The molecule has 5 N–H and O–H groups in total. The molecule has 4 atom stereocenters. The highest BCUT2D eigenvalue weighted by atomic mass is 16.2. The van der Waals surface area contributed by atoms with Crippen molar-refractivity contribution in [1.29, 1.82) is 0 Å². The molecule has 0 aromatic rings. The molecule has 4 fully saturated rings. The lowest BCUT2D eigenvalue weighted by atomic mass is 9.80. The van der Waals surface area contributed by atoms with Crippen molar-refractivity contribution >= 4 is 29.5 Å². The van der Waals surface area contributed by atoms with Gasteiger partial charge in [0.1, 0.15) is 12.1 Å². The number of hydrogen-bond donors (Lipinski definition) is 4. The largest absolute Gasteiger partial charge is 0.363 e. The normalized spacial score (nSPS) is 25.5. The summed E-state index contributed by atoms with van der Waals surface area (Å²) in [5.74, 6) is -1.68. The second kappa shape index (κ2) is 14.9. The maximum absolute atomic E-state index is 14.4. The highest BCUT2D eigenvalue weighted by Gasteiger charge is 2.45. The van der Waals surface area contributed by atoms with E-state index in [9.17, 15) is 24.0 Å². The van der Waals surface area contributed by atoms with Crippen LogP contribution in [0.5, 0.6) is 0 Å². The number of nitrogens with one attached hydrogen (secondary N) is 3. The summed E-state index contributed by atoms with van der Waals surface area (Å²) < 4.78 is 0. The number of likely N-dealkylation sites (tertiary alicyclic amines) is 1. The average Bonchev–Trinajstić information content (AvgIpc) is 3.71. The maximum atomic E-state index is 14.4. The SMILES string of the molecule is CCC1(NC(=O)N[C@H](C(=O)N2C[C@H](CC(C)C)C[C@H]2C(=O)NC(CC2CC2)C(=O)C(N)=O)C2CCCCC2)CCCCC1. The van der Waals surface area contributed by atoms with Gasteiger partial charge in [0.25, 0.3) is 5.91 Å². The van der Waals surface area contributed by atoms with Gasteiger partial charge in [0.05, 0.1) is 6.04 Å². The quantitative estimate of drug-likeness (QED) is 0.236. The van der Waals surface area contributed by atoms with Gasteiger partial charge in [-0.1, -0.05) is 72.1 Å². The van der Waals surface area contributed by atoms with E-state index >= 15 is 0 Å². The summed E-state index contributed by atoms with van der Waals surface area (Å²) in [6.45, 7) is 6.79. The fourth-order valence-electron chi connectivity index (χ4n) is 7.85. The number of carbonyl (C=O) groups excluding carboxylic acids is 5. The lowest BCUT2D eigenvalue weighted by Gasteiger charge is -2.39. The number of carbonyl (C=O) groups is 5. The first-order valence-corrected chi connectivity index (χ1v) is 17.0. The summed E-state index contributed by atoms with van der Waals surface area (Å²) >= 11 is 0. The van der Waals surface area contributed by atoms with Crippen LogP contribution >= 0.6 is 0 Å². The second-order valence-electron chi connectivity index (χ2n) is 14.4. The van der Waals surface area contributed by atoms with Gasteiger partial charge in [-0.15, -0.1) is 0 Å². The number of primary amides is 1. The topological polar surface area (TPSA) is 151 Å². The molecule has 0 bridgehead atoms. The third-order valence-electron chi connectivity index (χ3n) is 10.5. The van der Waals surface area contributed by atoms with Gasteiger partial charge in [-0.05, 0) is 75.0 Å². The molecule has 4 aliphatic rings. The van der Waals surface area contributed by atoms with Crippen LogP contribution in [0.3, 0.4) is 0 Å². The molecule has 1 saturated heterocycles. The summed E-state index contributed by atoms with van der Waals surface area (Å²) in [7, 11) is 0. The van der Waals surface area contributed by atoms with Crippen molar-refractivity contribution in [3.8, 4) is 0 Å². The van der Waals surface area contributed by atoms with Crippen LogP contribution in [-0.4, -0.2) is 64.6 Å². The van der Waals surface area contributed by atoms with Gasteiger partial charge in [0.15, 0.2) is 0 Å². The van der Waals surface area contributed by atoms with Crippen LogP contribution < -0.4 is 21.7 Å². The number of ketones is 1. The highest BCUT2D eigenvalue weighted by Crippen LogP contribution is 2.36. The van der Waals surface area contributed by atoms with Gasteiger partial charge in [0, 0.05) is 12.1 Å². The number of rotatable bonds is 13. The zero-order chi connectivity index (χ0) is 31.1. The van der Waals surface area contributed by atoms with Crippen LogP contribution in [0.2, 0.25) is 0 Å². The predicted octanol–water partition coefficient (Wildman–Crippen LogP) is 3.95. The Labute approximate surface area is 257 Å². The smallest absolute Gasteiger partial charge is 0.315 e. The van der Waals surface area contributed by atoms with Crippen LogP contribution in [0.25, 0.3) is 0 Å². The molecule has 242 valence electrons. The van der Waals surface area contributed by atoms with Crippen molar-refractivity contribution in [2.45, 2.75) is 147 Å². The zero-order valence-corrected chi connectivity index (χ0v) is 26.6. The van der Waals surface area contributed by atoms with Gasteiger partial charge in [-0.3, -0.25) is 19.2 Å². The molecule has 1 unspecified atom stereocenters. The molecule has 1 heterocycles. The first-order chi connectivity index (χ1) is 20.5. The molecular formula is C33H55N5O5. The molecule has 0 aromatic carbocycles. The van der Waals surface area contributed by atoms with Gasteiger partial charge in [0.2, 0.25) is 17.6 Å². The molecule has 43 heavy (non-hydrogen) atoms. The summed E-state index contributed by atoms with van der Waals surface area (Å²) in [6, 6.07) is -2.77. The summed E-state index contributed by atoms with van der Waals surface area (Å²) in [6.07, 6.45) is 14.6. The summed E-state index contributed by atoms with van der Waals surface area (Å²) in [5.41, 5.74) is 5.07. The van der Waals surface area contributed by atoms with Crippen LogP contribution in [0.15, 0.2) is 0 Å². The number of hydrogen-bond acceptors (Lipinski definition) is 5. The van der Waals surface area contributed by atoms with Gasteiger partial charge < -0.3 is 26.6 Å². The van der Waals surface area contributed by atoms with E-state index in [4.69, 9.17) is 5.73 Å². The molecule has 0 spiro atoms. The van der Waals surface area contributed by atoms with Crippen molar-refractivity contribution in [1.82, 2.24) is 20.9 Å². The van der Waals surface area contributed by atoms with E-state index in [-0.39, 0.29) is 35.2 Å². The minimum absolute atomic E-state index is 0.00264. The third-order valence-corrected chi connectivity index (χ3v) is 10.5. The standard InChI is InChI=1S/C33H55N5O5/c1-4-33(15-9-6-10-16-33)37-32(43)36-27(24-11-7-5-8-12-24)31(42)38-20-23(17-21(2)3)19-26(38)30(41)35-25(18-22-13-14-22)28(39)29(34)40/h21-27H,4-20H2,1-3H3,(H2,34,40)(H,35,41)(H2,36,37,43)/t23-,25?,26+,27+/m1/s1. The van der Waals surface area contributed by atoms with Gasteiger partial charge in [-0.2, -0.15) is 0 Å². The Kier molecular flexibility index (Phi) is 11.5. The number of Topliss-reactive ketones (excluding diaryl/α,β-unsaturated/α-hetero) is 1. The molecule has 10 nitrogen and oxygen atoms in total. The number of urea groups is 1. The Balaban J connectivity index is 1.54. The molecule has 5 amide bonds. The van der Waals surface area contributed by atoms with Gasteiger partial charge in [-0.25, -0.2) is 4.79 Å². The van der Waals surface area contributed by atoms with Crippen LogP contribution in [0.1, 0.15) is 124 Å². The molecule has 1 aliphatic heterocycles. The monoisotopic (exact) mass is 601 g/mol. The molecular weight excluding hydrogens is 546 g/mol. The molecule has 0 radical (unpaired) electrons. The Morgan fingerprint density at radius 2 is 1.51 bits per heavy atom. The summed E-state index contributed by atoms with van der Waals surface area (Å²) in [4.78, 5) is 67.8. The van der Waals surface area contributed by atoms with Crippen LogP contribution in [0.4, 0.5) is 4.79 Å². The van der Waals surface area contributed by atoms with E-state index in [1.807, 2.05) is 0 Å². The minimum Gasteiger partial charge on any atom is -0.363 e. The first-order valence-electron chi connectivity index (χ1n) is 17.0. The van der Waals surface area contributed by atoms with Gasteiger partial charge >= 0.3 is 6.03 Å². The molecule has 4 rings (SSSR count). The summed E-state index contributed by atoms with van der Waals surface area (Å²) in [5, 5.41) is 9.18. The van der Waals surface area contributed by atoms with E-state index in [0.717, 1.165) is 83.5 Å². The number of nitrogens with two attached hydrogens (primary N) is 1. The fourth-order valence-corrected chi connectivity index (χ4v) is 7.85. The Bertz CT molecular complexity index is 1020.